The van der Waals surface area contributed by atoms with E-state index in [0.29, 0.717) is 16.6 Å². The second-order valence-electron chi connectivity index (χ2n) is 4.50. The molecule has 116 valence electrons. The van der Waals surface area contributed by atoms with Crippen LogP contribution in [0.4, 0.5) is 5.13 Å². The number of esters is 1. The van der Waals surface area contributed by atoms with Gasteiger partial charge in [-0.05, 0) is 18.6 Å². The number of benzene rings is 1. The van der Waals surface area contributed by atoms with Gasteiger partial charge in [0.05, 0.1) is 19.2 Å². The number of nitrogens with zero attached hydrogens (tertiary/aromatic N) is 1. The largest absolute Gasteiger partial charge is 0.483 e. The van der Waals surface area contributed by atoms with Gasteiger partial charge in [0.1, 0.15) is 5.75 Å². The van der Waals surface area contributed by atoms with Gasteiger partial charge in [0.25, 0.3) is 5.91 Å². The number of aryl methyl sites for hydroxylation is 1. The minimum atomic E-state index is -0.369. The normalized spacial score (nSPS) is 10.1. The molecule has 2 rings (SSSR count). The molecule has 6 nitrogen and oxygen atoms in total. The number of hydrogen-bond acceptors (Lipinski definition) is 6. The first-order chi connectivity index (χ1) is 10.6. The number of carbonyl (C=O) groups excluding carboxylic acids is 2. The Kier molecular flexibility index (Phi) is 5.48. The first-order valence-electron chi connectivity index (χ1n) is 6.58. The first kappa shape index (κ1) is 16.0. The molecule has 0 aliphatic rings. The molecule has 1 aromatic carbocycles. The molecule has 0 unspecified atom stereocenters. The van der Waals surface area contributed by atoms with Crippen LogP contribution in [0.2, 0.25) is 0 Å². The Hall–Kier alpha value is -2.41. The van der Waals surface area contributed by atoms with Gasteiger partial charge in [-0.1, -0.05) is 18.2 Å². The van der Waals surface area contributed by atoms with Gasteiger partial charge in [0.15, 0.2) is 11.7 Å². The molecule has 0 saturated carbocycles. The molecule has 7 heteroatoms. The fourth-order valence-electron chi connectivity index (χ4n) is 1.68. The minimum Gasteiger partial charge on any atom is -0.483 e. The summed E-state index contributed by atoms with van der Waals surface area (Å²) < 4.78 is 10.0. The Labute approximate surface area is 132 Å². The van der Waals surface area contributed by atoms with Crippen LogP contribution in [0.5, 0.6) is 5.75 Å². The van der Waals surface area contributed by atoms with E-state index in [1.807, 2.05) is 25.1 Å². The molecule has 0 bridgehead atoms. The van der Waals surface area contributed by atoms with E-state index in [2.05, 4.69) is 15.0 Å². The molecule has 0 atom stereocenters. The Bertz CT molecular complexity index is 669. The van der Waals surface area contributed by atoms with Crippen LogP contribution in [-0.2, 0) is 20.7 Å². The van der Waals surface area contributed by atoms with Crippen LogP contribution in [0, 0.1) is 6.92 Å². The van der Waals surface area contributed by atoms with E-state index in [4.69, 9.17) is 4.74 Å². The lowest BCUT2D eigenvalue weighted by atomic mass is 10.2. The van der Waals surface area contributed by atoms with Crippen molar-refractivity contribution in [3.8, 4) is 5.75 Å². The van der Waals surface area contributed by atoms with E-state index in [0.717, 1.165) is 5.56 Å². The molecule has 0 spiro atoms. The molecule has 0 saturated heterocycles. The number of hydrogen-bond donors (Lipinski definition) is 1. The van der Waals surface area contributed by atoms with Crippen molar-refractivity contribution in [2.75, 3.05) is 19.0 Å². The van der Waals surface area contributed by atoms with Gasteiger partial charge in [-0.2, -0.15) is 0 Å². The molecule has 1 heterocycles. The maximum Gasteiger partial charge on any atom is 0.311 e. The van der Waals surface area contributed by atoms with Crippen LogP contribution in [-0.4, -0.2) is 30.6 Å². The lowest BCUT2D eigenvalue weighted by Gasteiger charge is -2.07. The molecule has 2 aromatic rings. The second kappa shape index (κ2) is 7.56. The number of methoxy groups -OCH3 is 1. The van der Waals surface area contributed by atoms with Crippen LogP contribution >= 0.6 is 11.3 Å². The third-order valence-electron chi connectivity index (χ3n) is 2.80. The summed E-state index contributed by atoms with van der Waals surface area (Å²) in [6, 6.07) is 7.47. The van der Waals surface area contributed by atoms with Gasteiger partial charge in [0, 0.05) is 5.38 Å². The van der Waals surface area contributed by atoms with Gasteiger partial charge in [-0.3, -0.25) is 14.9 Å². The highest BCUT2D eigenvalue weighted by Gasteiger charge is 2.10. The van der Waals surface area contributed by atoms with Crippen molar-refractivity contribution < 1.29 is 19.1 Å². The minimum absolute atomic E-state index is 0.0859. The maximum absolute atomic E-state index is 11.8. The zero-order valence-electron chi connectivity index (χ0n) is 12.3. The Morgan fingerprint density at radius 2 is 2.09 bits per heavy atom. The molecule has 1 amide bonds. The molecule has 0 radical (unpaired) electrons. The summed E-state index contributed by atoms with van der Waals surface area (Å²) in [4.78, 5) is 27.1. The van der Waals surface area contributed by atoms with E-state index >= 15 is 0 Å². The predicted molar refractivity (Wildman–Crippen MR) is 83.1 cm³/mol. The highest BCUT2D eigenvalue weighted by Crippen LogP contribution is 2.18. The molecule has 22 heavy (non-hydrogen) atoms. The monoisotopic (exact) mass is 320 g/mol. The smallest absolute Gasteiger partial charge is 0.311 e. The number of thiazole rings is 1. The maximum atomic E-state index is 11.8. The SMILES string of the molecule is COC(=O)Cc1csc(NC(=O)COc2ccccc2C)n1. The van der Waals surface area contributed by atoms with E-state index in [1.165, 1.54) is 18.4 Å². The fraction of sp³-hybridized carbons (Fsp3) is 0.267. The van der Waals surface area contributed by atoms with Crippen molar-refractivity contribution >= 4 is 28.3 Å². The van der Waals surface area contributed by atoms with Crippen molar-refractivity contribution in [2.24, 2.45) is 0 Å². The van der Waals surface area contributed by atoms with Crippen LogP contribution in [0.25, 0.3) is 0 Å². The zero-order valence-corrected chi connectivity index (χ0v) is 13.1. The molecule has 1 aromatic heterocycles. The summed E-state index contributed by atoms with van der Waals surface area (Å²) in [6.45, 7) is 1.81. The van der Waals surface area contributed by atoms with Gasteiger partial charge in [-0.25, -0.2) is 4.98 Å². The van der Waals surface area contributed by atoms with Crippen LogP contribution in [0.3, 0.4) is 0 Å². The highest BCUT2D eigenvalue weighted by atomic mass is 32.1. The number of rotatable bonds is 6. The van der Waals surface area contributed by atoms with Crippen molar-refractivity contribution in [1.29, 1.82) is 0 Å². The molecular formula is C15H16N2O4S. The number of nitrogens with one attached hydrogen (secondary N) is 1. The Morgan fingerprint density at radius 1 is 1.32 bits per heavy atom. The van der Waals surface area contributed by atoms with Crippen molar-refractivity contribution in [3.05, 3.63) is 40.9 Å². The van der Waals surface area contributed by atoms with Gasteiger partial charge in [0.2, 0.25) is 0 Å². The van der Waals surface area contributed by atoms with E-state index in [1.54, 1.807) is 11.4 Å². The summed E-state index contributed by atoms with van der Waals surface area (Å²) in [7, 11) is 1.32. The zero-order chi connectivity index (χ0) is 15.9. The third kappa shape index (κ3) is 4.56. The van der Waals surface area contributed by atoms with Gasteiger partial charge in [-0.15, -0.1) is 11.3 Å². The van der Waals surface area contributed by atoms with Gasteiger partial charge < -0.3 is 9.47 Å². The average molecular weight is 320 g/mol. The summed E-state index contributed by atoms with van der Waals surface area (Å²) in [5.41, 5.74) is 1.52. The molecule has 0 fully saturated rings. The van der Waals surface area contributed by atoms with Crippen LogP contribution in [0.1, 0.15) is 11.3 Å². The number of carbonyl (C=O) groups is 2. The quantitative estimate of drug-likeness (QED) is 0.826. The Balaban J connectivity index is 1.85. The van der Waals surface area contributed by atoms with Gasteiger partial charge >= 0.3 is 5.97 Å². The summed E-state index contributed by atoms with van der Waals surface area (Å²) in [5, 5.41) is 4.77. The molecule has 0 aliphatic heterocycles. The summed E-state index contributed by atoms with van der Waals surface area (Å²) in [6.07, 6.45) is 0.0859. The van der Waals surface area contributed by atoms with Crippen LogP contribution in [0.15, 0.2) is 29.6 Å². The summed E-state index contributed by atoms with van der Waals surface area (Å²) in [5.74, 6) is -0.00328. The van der Waals surface area contributed by atoms with E-state index < -0.39 is 0 Å². The molecule has 0 aliphatic carbocycles. The highest BCUT2D eigenvalue weighted by molar-refractivity contribution is 7.13. The van der Waals surface area contributed by atoms with Crippen LogP contribution < -0.4 is 10.1 Å². The standard InChI is InChI=1S/C15H16N2O4S/c1-10-5-3-4-6-12(10)21-8-13(18)17-15-16-11(9-22-15)7-14(19)20-2/h3-6,9H,7-8H2,1-2H3,(H,16,17,18). The molecular weight excluding hydrogens is 304 g/mol. The second-order valence-corrected chi connectivity index (χ2v) is 5.36. The number of anilines is 1. The Morgan fingerprint density at radius 3 is 2.82 bits per heavy atom. The van der Waals surface area contributed by atoms with E-state index in [-0.39, 0.29) is 24.9 Å². The first-order valence-corrected chi connectivity index (χ1v) is 7.46. The fourth-order valence-corrected chi connectivity index (χ4v) is 2.41. The lowest BCUT2D eigenvalue weighted by Crippen LogP contribution is -2.20. The van der Waals surface area contributed by atoms with Crippen molar-refractivity contribution in [2.45, 2.75) is 13.3 Å². The number of ether oxygens (including phenoxy) is 2. The van der Waals surface area contributed by atoms with E-state index in [9.17, 15) is 9.59 Å². The topological polar surface area (TPSA) is 77.5 Å². The number of aromatic nitrogens is 1. The van der Waals surface area contributed by atoms with Crippen molar-refractivity contribution in [1.82, 2.24) is 4.98 Å². The number of para-hydroxylation sites is 1. The average Bonchev–Trinajstić information content (AvgIpc) is 2.93. The third-order valence-corrected chi connectivity index (χ3v) is 3.61. The predicted octanol–water partition coefficient (Wildman–Crippen LogP) is 2.18. The summed E-state index contributed by atoms with van der Waals surface area (Å²) >= 11 is 1.25. The number of amides is 1. The van der Waals surface area contributed by atoms with Crippen molar-refractivity contribution in [3.63, 3.8) is 0 Å². The lowest BCUT2D eigenvalue weighted by molar-refractivity contribution is -0.139. The molecule has 1 N–H and O–H groups in total.